The first-order chi connectivity index (χ1) is 17.3. The zero-order valence-electron chi connectivity index (χ0n) is 20.8. The van der Waals surface area contributed by atoms with Crippen LogP contribution in [0.5, 0.6) is 5.75 Å². The van der Waals surface area contributed by atoms with Gasteiger partial charge >= 0.3 is 5.63 Å². The molecule has 36 heavy (non-hydrogen) atoms. The number of rotatable bonds is 5. The van der Waals surface area contributed by atoms with Gasteiger partial charge in [0.2, 0.25) is 5.91 Å². The van der Waals surface area contributed by atoms with Crippen LogP contribution in [0.1, 0.15) is 54.4 Å². The average Bonchev–Trinajstić information content (AvgIpc) is 2.86. The van der Waals surface area contributed by atoms with Crippen molar-refractivity contribution in [1.29, 1.82) is 0 Å². The summed E-state index contributed by atoms with van der Waals surface area (Å²) in [7, 11) is 0. The second-order valence-corrected chi connectivity index (χ2v) is 10.3. The molecule has 2 aromatic carbocycles. The zero-order valence-corrected chi connectivity index (χ0v) is 20.8. The van der Waals surface area contributed by atoms with Gasteiger partial charge in [0.15, 0.2) is 0 Å². The zero-order chi connectivity index (χ0) is 25.4. The van der Waals surface area contributed by atoms with E-state index in [9.17, 15) is 19.1 Å². The van der Waals surface area contributed by atoms with Gasteiger partial charge < -0.3 is 19.2 Å². The van der Waals surface area contributed by atoms with Crippen molar-refractivity contribution in [2.75, 3.05) is 13.1 Å². The van der Waals surface area contributed by atoms with E-state index in [4.69, 9.17) is 9.15 Å². The Balaban J connectivity index is 1.35. The molecule has 3 aromatic rings. The number of carbonyl (C=O) groups is 1. The van der Waals surface area contributed by atoms with Crippen LogP contribution >= 0.6 is 0 Å². The number of amides is 1. The highest BCUT2D eigenvalue weighted by molar-refractivity contribution is 5.87. The number of fused-ring (bicyclic) bond motifs is 2. The highest BCUT2D eigenvalue weighted by atomic mass is 19.1. The van der Waals surface area contributed by atoms with Gasteiger partial charge in [-0.15, -0.1) is 0 Å². The van der Waals surface area contributed by atoms with Crippen LogP contribution in [0, 0.1) is 25.6 Å². The predicted molar refractivity (Wildman–Crippen MR) is 134 cm³/mol. The van der Waals surface area contributed by atoms with E-state index in [-0.39, 0.29) is 30.7 Å². The third-order valence-electron chi connectivity index (χ3n) is 8.10. The summed E-state index contributed by atoms with van der Waals surface area (Å²) < 4.78 is 25.5. The summed E-state index contributed by atoms with van der Waals surface area (Å²) >= 11 is 0. The second kappa shape index (κ2) is 9.69. The maximum Gasteiger partial charge on any atom is 0.340 e. The molecular formula is C29H32FNO5. The van der Waals surface area contributed by atoms with Crippen LogP contribution < -0.4 is 10.4 Å². The summed E-state index contributed by atoms with van der Waals surface area (Å²) in [6.07, 6.45) is 4.40. The van der Waals surface area contributed by atoms with E-state index < -0.39 is 11.2 Å². The first-order valence-corrected chi connectivity index (χ1v) is 12.7. The molecule has 2 unspecified atom stereocenters. The SMILES string of the molecule is Cc1c(CC(=O)N2CCC3(O)CCCCC3C2)c(=O)oc2c(C)c(OCc3ccccc3F)ccc12. The molecule has 2 fully saturated rings. The van der Waals surface area contributed by atoms with Gasteiger partial charge in [-0.05, 0) is 56.9 Å². The molecule has 6 nitrogen and oxygen atoms in total. The van der Waals surface area contributed by atoms with Crippen molar-refractivity contribution in [3.63, 3.8) is 0 Å². The number of likely N-dealkylation sites (tertiary alicyclic amines) is 1. The number of halogens is 1. The molecule has 2 aliphatic rings. The minimum atomic E-state index is -0.656. The first-order valence-electron chi connectivity index (χ1n) is 12.7. The van der Waals surface area contributed by atoms with Crippen LogP contribution in [-0.2, 0) is 17.8 Å². The smallest absolute Gasteiger partial charge is 0.340 e. The van der Waals surface area contributed by atoms with Gasteiger partial charge in [0, 0.05) is 35.5 Å². The van der Waals surface area contributed by atoms with Crippen molar-refractivity contribution in [3.05, 3.63) is 74.9 Å². The molecule has 1 N–H and O–H groups in total. The number of aliphatic hydroxyl groups is 1. The molecule has 0 spiro atoms. The number of carbonyl (C=O) groups excluding carboxylic acids is 1. The minimum Gasteiger partial charge on any atom is -0.488 e. The van der Waals surface area contributed by atoms with Crippen LogP contribution in [0.4, 0.5) is 4.39 Å². The molecule has 5 rings (SSSR count). The minimum absolute atomic E-state index is 0.0279. The summed E-state index contributed by atoms with van der Waals surface area (Å²) in [6, 6.07) is 10.0. The van der Waals surface area contributed by atoms with Crippen LogP contribution in [0.3, 0.4) is 0 Å². The van der Waals surface area contributed by atoms with Crippen molar-refractivity contribution in [3.8, 4) is 5.75 Å². The van der Waals surface area contributed by atoms with Crippen LogP contribution in [0.15, 0.2) is 45.6 Å². The Hall–Kier alpha value is -3.19. The molecule has 1 amide bonds. The number of aryl methyl sites for hydroxylation is 2. The fourth-order valence-electron chi connectivity index (χ4n) is 5.76. The quantitative estimate of drug-likeness (QED) is 0.516. The van der Waals surface area contributed by atoms with Crippen molar-refractivity contribution in [1.82, 2.24) is 4.90 Å². The molecule has 190 valence electrons. The summed E-state index contributed by atoms with van der Waals surface area (Å²) in [4.78, 5) is 27.9. The number of ether oxygens (including phenoxy) is 1. The topological polar surface area (TPSA) is 80.0 Å². The molecule has 1 aliphatic carbocycles. The lowest BCUT2D eigenvalue weighted by Gasteiger charge is -2.47. The average molecular weight is 494 g/mol. The normalized spacial score (nSPS) is 21.9. The largest absolute Gasteiger partial charge is 0.488 e. The van der Waals surface area contributed by atoms with Gasteiger partial charge in [0.1, 0.15) is 23.8 Å². The van der Waals surface area contributed by atoms with E-state index in [1.165, 1.54) is 6.07 Å². The Morgan fingerprint density at radius 2 is 1.97 bits per heavy atom. The molecule has 2 heterocycles. The van der Waals surface area contributed by atoms with Crippen LogP contribution in [-0.4, -0.2) is 34.6 Å². The molecule has 1 aromatic heterocycles. The van der Waals surface area contributed by atoms with Gasteiger partial charge in [0.05, 0.1) is 17.6 Å². The summed E-state index contributed by atoms with van der Waals surface area (Å²) in [5, 5.41) is 11.7. The van der Waals surface area contributed by atoms with E-state index in [0.717, 1.165) is 31.1 Å². The molecular weight excluding hydrogens is 461 g/mol. The first kappa shape index (κ1) is 24.5. The van der Waals surface area contributed by atoms with Gasteiger partial charge in [-0.2, -0.15) is 0 Å². The highest BCUT2D eigenvalue weighted by Crippen LogP contribution is 2.40. The fourth-order valence-corrected chi connectivity index (χ4v) is 5.76. The number of piperidine rings is 1. The van der Waals surface area contributed by atoms with Gasteiger partial charge in [-0.1, -0.05) is 31.0 Å². The van der Waals surface area contributed by atoms with Gasteiger partial charge in [-0.3, -0.25) is 4.79 Å². The lowest BCUT2D eigenvalue weighted by atomic mass is 9.71. The fraction of sp³-hybridized carbons (Fsp3) is 0.448. The standard InChI is InChI=1S/C29H32FNO5/c1-18-22-10-11-25(35-17-20-7-3-4-9-24(20)30)19(2)27(22)36-28(33)23(18)15-26(32)31-14-13-29(34)12-6-5-8-21(29)16-31/h3-4,7,9-11,21,34H,5-6,8,12-17H2,1-2H3. The van der Waals surface area contributed by atoms with Crippen molar-refractivity contribution < 1.29 is 23.4 Å². The van der Waals surface area contributed by atoms with Crippen LogP contribution in [0.2, 0.25) is 0 Å². The lowest BCUT2D eigenvalue weighted by Crippen LogP contribution is -2.55. The molecule has 0 radical (unpaired) electrons. The van der Waals surface area contributed by atoms with Gasteiger partial charge in [0.25, 0.3) is 0 Å². The highest BCUT2D eigenvalue weighted by Gasteiger charge is 2.43. The molecule has 7 heteroatoms. The Labute approximate surface area is 209 Å². The Morgan fingerprint density at radius 1 is 1.17 bits per heavy atom. The molecule has 0 bridgehead atoms. The van der Waals surface area contributed by atoms with E-state index in [1.54, 1.807) is 36.1 Å². The van der Waals surface area contributed by atoms with E-state index in [2.05, 4.69) is 0 Å². The van der Waals surface area contributed by atoms with Gasteiger partial charge in [-0.25, -0.2) is 9.18 Å². The Kier molecular flexibility index (Phi) is 6.60. The predicted octanol–water partition coefficient (Wildman–Crippen LogP) is 4.82. The van der Waals surface area contributed by atoms with E-state index >= 15 is 0 Å². The monoisotopic (exact) mass is 493 g/mol. The van der Waals surface area contributed by atoms with E-state index in [1.807, 2.05) is 13.0 Å². The summed E-state index contributed by atoms with van der Waals surface area (Å²) in [5.74, 6) is 0.155. The number of nitrogens with zero attached hydrogens (tertiary/aromatic N) is 1. The lowest BCUT2D eigenvalue weighted by molar-refractivity contribution is -0.142. The Bertz CT molecular complexity index is 1370. The van der Waals surface area contributed by atoms with Crippen molar-refractivity contribution >= 4 is 16.9 Å². The van der Waals surface area contributed by atoms with Crippen LogP contribution in [0.25, 0.3) is 11.0 Å². The summed E-state index contributed by atoms with van der Waals surface area (Å²) in [5.41, 5.74) is 1.37. The summed E-state index contributed by atoms with van der Waals surface area (Å²) in [6.45, 7) is 4.73. The molecule has 1 saturated carbocycles. The molecule has 2 atom stereocenters. The second-order valence-electron chi connectivity index (χ2n) is 10.3. The van der Waals surface area contributed by atoms with Crippen molar-refractivity contribution in [2.24, 2.45) is 5.92 Å². The number of hydrogen-bond donors (Lipinski definition) is 1. The van der Waals surface area contributed by atoms with Crippen molar-refractivity contribution in [2.45, 2.75) is 64.6 Å². The molecule has 1 aliphatic heterocycles. The Morgan fingerprint density at radius 3 is 2.78 bits per heavy atom. The molecule has 1 saturated heterocycles. The third kappa shape index (κ3) is 4.52. The maximum atomic E-state index is 14.0. The number of hydrogen-bond acceptors (Lipinski definition) is 5. The maximum absolute atomic E-state index is 14.0. The number of benzene rings is 2. The third-order valence-corrected chi connectivity index (χ3v) is 8.10. The van der Waals surface area contributed by atoms with E-state index in [0.29, 0.717) is 53.1 Å².